The number of benzene rings is 2. The molecule has 4 rings (SSSR count). The van der Waals surface area contributed by atoms with Crippen molar-refractivity contribution in [3.63, 3.8) is 0 Å². The summed E-state index contributed by atoms with van der Waals surface area (Å²) in [6, 6.07) is 12.1. The van der Waals surface area contributed by atoms with E-state index in [4.69, 9.17) is 9.47 Å². The molecule has 1 fully saturated rings. The fraction of sp³-hybridized carbons (Fsp3) is 0.300. The Hall–Kier alpha value is -2.58. The number of hydrogen-bond donors (Lipinski definition) is 2. The van der Waals surface area contributed by atoms with Crippen LogP contribution >= 0.6 is 15.9 Å². The lowest BCUT2D eigenvalue weighted by Gasteiger charge is -2.23. The summed E-state index contributed by atoms with van der Waals surface area (Å²) in [6.07, 6.45) is -0.669. The van der Waals surface area contributed by atoms with Gasteiger partial charge in [-0.3, -0.25) is 9.69 Å². The lowest BCUT2D eigenvalue weighted by Crippen LogP contribution is -2.46. The highest BCUT2D eigenvalue weighted by Crippen LogP contribution is 2.34. The largest absolute Gasteiger partial charge is 0.454 e. The van der Waals surface area contributed by atoms with E-state index >= 15 is 0 Å². The molecule has 3 amide bonds. The number of urea groups is 1. The zero-order chi connectivity index (χ0) is 19.9. The monoisotopic (exact) mass is 446 g/mol. The predicted molar refractivity (Wildman–Crippen MR) is 104 cm³/mol. The van der Waals surface area contributed by atoms with Crippen LogP contribution in [-0.4, -0.2) is 40.8 Å². The second-order valence-corrected chi connectivity index (χ2v) is 8.03. The van der Waals surface area contributed by atoms with Crippen molar-refractivity contribution in [2.75, 3.05) is 13.3 Å². The van der Waals surface area contributed by atoms with Crippen LogP contribution in [0.4, 0.5) is 4.79 Å². The molecule has 2 N–H and O–H groups in total. The first-order valence-electron chi connectivity index (χ1n) is 8.82. The lowest BCUT2D eigenvalue weighted by atomic mass is 9.92. The average Bonchev–Trinajstić information content (AvgIpc) is 3.19. The molecule has 2 aliphatic rings. The molecule has 0 aliphatic carbocycles. The standard InChI is InChI=1S/C20H19BrN2O5/c1-20(9-12-5-6-16-17(7-12)28-11-27-16)18(25)23(19(26)22-20)10-15(24)13-3-2-4-14(21)8-13/h2-8,15,24H,9-11H2,1H3,(H,22,26)/t15-,20+/m0/s1. The summed E-state index contributed by atoms with van der Waals surface area (Å²) in [4.78, 5) is 26.5. The van der Waals surface area contributed by atoms with Crippen LogP contribution in [0.25, 0.3) is 0 Å². The van der Waals surface area contributed by atoms with Gasteiger partial charge >= 0.3 is 6.03 Å². The van der Waals surface area contributed by atoms with Crippen LogP contribution in [0.1, 0.15) is 24.2 Å². The van der Waals surface area contributed by atoms with E-state index in [0.29, 0.717) is 23.5 Å². The van der Waals surface area contributed by atoms with E-state index in [1.807, 2.05) is 18.2 Å². The molecular formula is C20H19BrN2O5. The van der Waals surface area contributed by atoms with Crippen LogP contribution in [0.5, 0.6) is 11.5 Å². The van der Waals surface area contributed by atoms with Crippen molar-refractivity contribution in [1.29, 1.82) is 0 Å². The Balaban J connectivity index is 1.49. The number of halogens is 1. The summed E-state index contributed by atoms with van der Waals surface area (Å²) in [5.41, 5.74) is 0.371. The minimum atomic E-state index is -1.10. The Labute approximate surface area is 170 Å². The molecule has 0 unspecified atom stereocenters. The molecule has 2 atom stereocenters. The molecule has 0 aromatic heterocycles. The van der Waals surface area contributed by atoms with Crippen molar-refractivity contribution < 1.29 is 24.2 Å². The van der Waals surface area contributed by atoms with E-state index in [1.165, 1.54) is 0 Å². The molecule has 1 saturated heterocycles. The minimum Gasteiger partial charge on any atom is -0.454 e. The molecule has 2 heterocycles. The summed E-state index contributed by atoms with van der Waals surface area (Å²) >= 11 is 3.35. The molecule has 7 nitrogen and oxygen atoms in total. The van der Waals surface area contributed by atoms with Gasteiger partial charge in [0.15, 0.2) is 11.5 Å². The maximum atomic E-state index is 13.0. The molecule has 0 bridgehead atoms. The van der Waals surface area contributed by atoms with Gasteiger partial charge in [-0.25, -0.2) is 4.79 Å². The second kappa shape index (κ2) is 7.10. The van der Waals surface area contributed by atoms with Crippen LogP contribution < -0.4 is 14.8 Å². The summed E-state index contributed by atoms with van der Waals surface area (Å²) in [6.45, 7) is 1.74. The molecule has 2 aliphatic heterocycles. The molecule has 28 heavy (non-hydrogen) atoms. The van der Waals surface area contributed by atoms with Crippen molar-refractivity contribution in [1.82, 2.24) is 10.2 Å². The first-order valence-corrected chi connectivity index (χ1v) is 9.61. The van der Waals surface area contributed by atoms with Crippen LogP contribution in [0.15, 0.2) is 46.9 Å². The number of aliphatic hydroxyl groups is 1. The molecule has 0 radical (unpaired) electrons. The number of carbonyl (C=O) groups is 2. The lowest BCUT2D eigenvalue weighted by molar-refractivity contribution is -0.131. The van der Waals surface area contributed by atoms with Gasteiger partial charge in [-0.05, 0) is 42.3 Å². The van der Waals surface area contributed by atoms with Gasteiger partial charge in [-0.15, -0.1) is 0 Å². The highest BCUT2D eigenvalue weighted by molar-refractivity contribution is 9.10. The predicted octanol–water partition coefficient (Wildman–Crippen LogP) is 2.76. The first-order chi connectivity index (χ1) is 13.4. The molecule has 0 spiro atoms. The Kier molecular flexibility index (Phi) is 4.76. The van der Waals surface area contributed by atoms with Gasteiger partial charge in [-0.2, -0.15) is 0 Å². The number of β-amino-alcohol motifs (C(OH)–C–C–N with tert-alkyl or cyclic N) is 1. The minimum absolute atomic E-state index is 0.113. The molecule has 8 heteroatoms. The Morgan fingerprint density at radius 3 is 2.79 bits per heavy atom. The van der Waals surface area contributed by atoms with Crippen molar-refractivity contribution in [2.24, 2.45) is 0 Å². The molecular weight excluding hydrogens is 428 g/mol. The molecule has 2 aromatic rings. The number of rotatable bonds is 5. The summed E-state index contributed by atoms with van der Waals surface area (Å²) in [5.74, 6) is 0.915. The smallest absolute Gasteiger partial charge is 0.325 e. The zero-order valence-corrected chi connectivity index (χ0v) is 16.7. The number of carbonyl (C=O) groups excluding carboxylic acids is 2. The molecule has 2 aromatic carbocycles. The number of ether oxygens (including phenoxy) is 2. The van der Waals surface area contributed by atoms with Crippen molar-refractivity contribution >= 4 is 27.9 Å². The van der Waals surface area contributed by atoms with Crippen LogP contribution in [0, 0.1) is 0 Å². The quantitative estimate of drug-likeness (QED) is 0.689. The van der Waals surface area contributed by atoms with Gasteiger partial charge in [0.05, 0.1) is 12.6 Å². The van der Waals surface area contributed by atoms with Gasteiger partial charge in [0, 0.05) is 10.9 Å². The van der Waals surface area contributed by atoms with E-state index in [0.717, 1.165) is 14.9 Å². The number of nitrogens with zero attached hydrogens (tertiary/aromatic N) is 1. The summed E-state index contributed by atoms with van der Waals surface area (Å²) in [5, 5.41) is 13.2. The highest BCUT2D eigenvalue weighted by Gasteiger charge is 2.48. The maximum Gasteiger partial charge on any atom is 0.325 e. The third-order valence-corrected chi connectivity index (χ3v) is 5.42. The van der Waals surface area contributed by atoms with Gasteiger partial charge < -0.3 is 19.9 Å². The fourth-order valence-electron chi connectivity index (χ4n) is 3.48. The Bertz CT molecular complexity index is 950. The van der Waals surface area contributed by atoms with Gasteiger partial charge in [0.1, 0.15) is 5.54 Å². The van der Waals surface area contributed by atoms with Crippen molar-refractivity contribution in [3.05, 3.63) is 58.1 Å². The van der Waals surface area contributed by atoms with E-state index in [2.05, 4.69) is 21.2 Å². The zero-order valence-electron chi connectivity index (χ0n) is 15.1. The number of aliphatic hydroxyl groups excluding tert-OH is 1. The summed E-state index contributed by atoms with van der Waals surface area (Å²) < 4.78 is 11.5. The van der Waals surface area contributed by atoms with Crippen LogP contribution in [0.3, 0.4) is 0 Å². The van der Waals surface area contributed by atoms with Crippen LogP contribution in [-0.2, 0) is 11.2 Å². The number of fused-ring (bicyclic) bond motifs is 1. The Morgan fingerprint density at radius 1 is 1.21 bits per heavy atom. The normalized spacial score (nSPS) is 21.8. The van der Waals surface area contributed by atoms with E-state index in [9.17, 15) is 14.7 Å². The highest BCUT2D eigenvalue weighted by atomic mass is 79.9. The fourth-order valence-corrected chi connectivity index (χ4v) is 3.90. The number of amides is 3. The van der Waals surface area contributed by atoms with E-state index in [1.54, 1.807) is 31.2 Å². The van der Waals surface area contributed by atoms with Crippen molar-refractivity contribution in [2.45, 2.75) is 25.0 Å². The van der Waals surface area contributed by atoms with Crippen molar-refractivity contribution in [3.8, 4) is 11.5 Å². The molecule has 146 valence electrons. The summed E-state index contributed by atoms with van der Waals surface area (Å²) in [7, 11) is 0. The van der Waals surface area contributed by atoms with E-state index in [-0.39, 0.29) is 19.2 Å². The topological polar surface area (TPSA) is 88.1 Å². The first kappa shape index (κ1) is 18.8. The second-order valence-electron chi connectivity index (χ2n) is 7.11. The Morgan fingerprint density at radius 2 is 2.00 bits per heavy atom. The molecule has 0 saturated carbocycles. The number of hydrogen-bond acceptors (Lipinski definition) is 5. The SMILES string of the molecule is C[C@]1(Cc2ccc3c(c2)OCO3)NC(=O)N(C[C@H](O)c2cccc(Br)c2)C1=O. The van der Waals surface area contributed by atoms with Gasteiger partial charge in [-0.1, -0.05) is 34.1 Å². The number of imide groups is 1. The third kappa shape index (κ3) is 3.45. The van der Waals surface area contributed by atoms with E-state index < -0.39 is 17.7 Å². The number of nitrogens with one attached hydrogen (secondary N) is 1. The van der Waals surface area contributed by atoms with Gasteiger partial charge in [0.25, 0.3) is 5.91 Å². The maximum absolute atomic E-state index is 13.0. The van der Waals surface area contributed by atoms with Gasteiger partial charge in [0.2, 0.25) is 6.79 Å². The third-order valence-electron chi connectivity index (χ3n) is 4.93. The average molecular weight is 447 g/mol. The van der Waals surface area contributed by atoms with Crippen LogP contribution in [0.2, 0.25) is 0 Å².